The van der Waals surface area contributed by atoms with Gasteiger partial charge in [-0.05, 0) is 13.3 Å². The second kappa shape index (κ2) is 7.84. The Hall–Kier alpha value is -1.40. The van der Waals surface area contributed by atoms with Crippen LogP contribution in [0.1, 0.15) is 13.3 Å². The zero-order chi connectivity index (χ0) is 13.4. The van der Waals surface area contributed by atoms with Crippen LogP contribution in [0.15, 0.2) is 21.9 Å². The van der Waals surface area contributed by atoms with Crippen molar-refractivity contribution in [3.63, 3.8) is 0 Å². The third kappa shape index (κ3) is 4.12. The van der Waals surface area contributed by atoms with E-state index in [0.717, 1.165) is 0 Å². The van der Waals surface area contributed by atoms with Gasteiger partial charge in [-0.15, -0.1) is 0 Å². The lowest BCUT2D eigenvalue weighted by molar-refractivity contribution is 0.0678. The van der Waals surface area contributed by atoms with Crippen LogP contribution in [-0.4, -0.2) is 36.1 Å². The van der Waals surface area contributed by atoms with Gasteiger partial charge in [0.25, 0.3) is 5.56 Å². The first kappa shape index (κ1) is 14.7. The van der Waals surface area contributed by atoms with E-state index in [2.05, 4.69) is 0 Å². The molecule has 0 amide bonds. The Balaban J connectivity index is 2.52. The SMILES string of the molecule is CCn1ccc(=O)n(CCCOCCOC)c1=O. The van der Waals surface area contributed by atoms with E-state index in [4.69, 9.17) is 9.47 Å². The van der Waals surface area contributed by atoms with E-state index in [0.29, 0.717) is 39.3 Å². The Bertz CT molecular complexity index is 464. The molecule has 0 unspecified atom stereocenters. The van der Waals surface area contributed by atoms with Crippen molar-refractivity contribution in [2.75, 3.05) is 26.9 Å². The number of hydrogen-bond donors (Lipinski definition) is 0. The number of aryl methyl sites for hydroxylation is 1. The van der Waals surface area contributed by atoms with Gasteiger partial charge in [0.05, 0.1) is 13.2 Å². The highest BCUT2D eigenvalue weighted by molar-refractivity contribution is 4.86. The van der Waals surface area contributed by atoms with E-state index in [1.165, 1.54) is 21.4 Å². The smallest absolute Gasteiger partial charge is 0.330 e. The molecule has 1 aromatic heterocycles. The molecule has 18 heavy (non-hydrogen) atoms. The third-order valence-corrected chi connectivity index (χ3v) is 2.58. The zero-order valence-electron chi connectivity index (χ0n) is 10.9. The monoisotopic (exact) mass is 256 g/mol. The topological polar surface area (TPSA) is 62.5 Å². The fourth-order valence-corrected chi connectivity index (χ4v) is 1.57. The number of hydrogen-bond acceptors (Lipinski definition) is 4. The lowest BCUT2D eigenvalue weighted by Gasteiger charge is -2.08. The molecule has 6 heteroatoms. The summed E-state index contributed by atoms with van der Waals surface area (Å²) in [5.41, 5.74) is -0.525. The first-order chi connectivity index (χ1) is 8.70. The molecule has 0 aliphatic heterocycles. The molecular weight excluding hydrogens is 236 g/mol. The molecule has 0 saturated carbocycles. The van der Waals surface area contributed by atoms with Crippen LogP contribution in [0.5, 0.6) is 0 Å². The quantitative estimate of drug-likeness (QED) is 0.618. The predicted molar refractivity (Wildman–Crippen MR) is 67.9 cm³/mol. The molecule has 6 nitrogen and oxygen atoms in total. The van der Waals surface area contributed by atoms with Crippen molar-refractivity contribution in [3.05, 3.63) is 33.1 Å². The Morgan fingerprint density at radius 3 is 2.67 bits per heavy atom. The van der Waals surface area contributed by atoms with Crippen molar-refractivity contribution >= 4 is 0 Å². The average Bonchev–Trinajstić information content (AvgIpc) is 2.37. The predicted octanol–water partition coefficient (Wildman–Crippen LogP) is 0.0830. The van der Waals surface area contributed by atoms with E-state index >= 15 is 0 Å². The Kier molecular flexibility index (Phi) is 6.38. The number of rotatable bonds is 8. The maximum Gasteiger partial charge on any atom is 0.330 e. The van der Waals surface area contributed by atoms with Gasteiger partial charge in [0.2, 0.25) is 0 Å². The van der Waals surface area contributed by atoms with Crippen molar-refractivity contribution in [2.45, 2.75) is 26.4 Å². The summed E-state index contributed by atoms with van der Waals surface area (Å²) in [6, 6.07) is 1.41. The fraction of sp³-hybridized carbons (Fsp3) is 0.667. The highest BCUT2D eigenvalue weighted by Gasteiger charge is 2.03. The molecule has 0 atom stereocenters. The molecule has 1 rings (SSSR count). The molecule has 0 N–H and O–H groups in total. The summed E-state index contributed by atoms with van der Waals surface area (Å²) in [5, 5.41) is 0. The molecule has 0 aliphatic carbocycles. The van der Waals surface area contributed by atoms with Crippen LogP contribution in [-0.2, 0) is 22.6 Å². The minimum Gasteiger partial charge on any atom is -0.382 e. The average molecular weight is 256 g/mol. The highest BCUT2D eigenvalue weighted by atomic mass is 16.5. The molecule has 0 spiro atoms. The van der Waals surface area contributed by atoms with Gasteiger partial charge < -0.3 is 14.0 Å². The lowest BCUT2D eigenvalue weighted by Crippen LogP contribution is -2.38. The Morgan fingerprint density at radius 1 is 1.22 bits per heavy atom. The van der Waals surface area contributed by atoms with Crippen LogP contribution in [0, 0.1) is 0 Å². The number of ether oxygens (including phenoxy) is 2. The molecule has 1 heterocycles. The Labute approximate surface area is 106 Å². The van der Waals surface area contributed by atoms with E-state index in [-0.39, 0.29) is 11.2 Å². The van der Waals surface area contributed by atoms with E-state index < -0.39 is 0 Å². The van der Waals surface area contributed by atoms with Crippen LogP contribution in [0.3, 0.4) is 0 Å². The summed E-state index contributed by atoms with van der Waals surface area (Å²) in [6.45, 7) is 4.39. The lowest BCUT2D eigenvalue weighted by atomic mass is 10.4. The molecular formula is C12H20N2O4. The fourth-order valence-electron chi connectivity index (χ4n) is 1.57. The zero-order valence-corrected chi connectivity index (χ0v) is 10.9. The second-order valence-electron chi connectivity index (χ2n) is 3.83. The van der Waals surface area contributed by atoms with E-state index in [1.54, 1.807) is 7.11 Å². The normalized spacial score (nSPS) is 10.8. The van der Waals surface area contributed by atoms with Crippen molar-refractivity contribution in [1.29, 1.82) is 0 Å². The number of nitrogens with zero attached hydrogens (tertiary/aromatic N) is 2. The van der Waals surface area contributed by atoms with Crippen molar-refractivity contribution < 1.29 is 9.47 Å². The standard InChI is InChI=1S/C12H20N2O4/c1-3-13-7-5-11(15)14(12(13)16)6-4-8-18-10-9-17-2/h5,7H,3-4,6,8-10H2,1-2H3. The summed E-state index contributed by atoms with van der Waals surface area (Å²) >= 11 is 0. The van der Waals surface area contributed by atoms with Crippen LogP contribution in [0.25, 0.3) is 0 Å². The van der Waals surface area contributed by atoms with Crippen LogP contribution in [0.2, 0.25) is 0 Å². The minimum absolute atomic E-state index is 0.262. The van der Waals surface area contributed by atoms with Gasteiger partial charge in [-0.25, -0.2) is 4.79 Å². The van der Waals surface area contributed by atoms with Crippen LogP contribution in [0.4, 0.5) is 0 Å². The van der Waals surface area contributed by atoms with E-state index in [9.17, 15) is 9.59 Å². The van der Waals surface area contributed by atoms with Crippen LogP contribution >= 0.6 is 0 Å². The summed E-state index contributed by atoms with van der Waals surface area (Å²) in [7, 11) is 1.61. The summed E-state index contributed by atoms with van der Waals surface area (Å²) < 4.78 is 12.9. The molecule has 0 fully saturated rings. The van der Waals surface area contributed by atoms with E-state index in [1.807, 2.05) is 6.92 Å². The summed E-state index contributed by atoms with van der Waals surface area (Å²) in [4.78, 5) is 23.4. The van der Waals surface area contributed by atoms with Gasteiger partial charge in [-0.3, -0.25) is 9.36 Å². The second-order valence-corrected chi connectivity index (χ2v) is 3.83. The van der Waals surface area contributed by atoms with Gasteiger partial charge >= 0.3 is 5.69 Å². The van der Waals surface area contributed by atoms with Gasteiger partial charge in [0.1, 0.15) is 0 Å². The molecule has 1 aromatic rings. The maximum absolute atomic E-state index is 11.9. The van der Waals surface area contributed by atoms with Crippen molar-refractivity contribution in [1.82, 2.24) is 9.13 Å². The maximum atomic E-state index is 11.9. The van der Waals surface area contributed by atoms with Gasteiger partial charge in [-0.2, -0.15) is 0 Å². The summed E-state index contributed by atoms with van der Waals surface area (Å²) in [5.74, 6) is 0. The van der Waals surface area contributed by atoms with Crippen LogP contribution < -0.4 is 11.2 Å². The van der Waals surface area contributed by atoms with Crippen molar-refractivity contribution in [3.8, 4) is 0 Å². The Morgan fingerprint density at radius 2 is 2.00 bits per heavy atom. The molecule has 102 valence electrons. The van der Waals surface area contributed by atoms with Gasteiger partial charge in [0, 0.05) is 39.1 Å². The molecule has 0 aliphatic rings. The minimum atomic E-state index is -0.262. The van der Waals surface area contributed by atoms with Gasteiger partial charge in [-0.1, -0.05) is 0 Å². The molecule has 0 aromatic carbocycles. The summed E-state index contributed by atoms with van der Waals surface area (Å²) in [6.07, 6.45) is 2.16. The molecule has 0 bridgehead atoms. The first-order valence-electron chi connectivity index (χ1n) is 6.07. The first-order valence-corrected chi connectivity index (χ1v) is 6.07. The van der Waals surface area contributed by atoms with Crippen molar-refractivity contribution in [2.24, 2.45) is 0 Å². The number of aromatic nitrogens is 2. The molecule has 0 radical (unpaired) electrons. The van der Waals surface area contributed by atoms with Gasteiger partial charge in [0.15, 0.2) is 0 Å². The highest BCUT2D eigenvalue weighted by Crippen LogP contribution is 1.87. The largest absolute Gasteiger partial charge is 0.382 e. The molecule has 0 saturated heterocycles. The number of methoxy groups -OCH3 is 1. The third-order valence-electron chi connectivity index (χ3n) is 2.58.